The van der Waals surface area contributed by atoms with Crippen molar-refractivity contribution in [1.29, 1.82) is 0 Å². The van der Waals surface area contributed by atoms with Gasteiger partial charge in [0.05, 0.1) is 16.9 Å². The first-order valence-corrected chi connectivity index (χ1v) is 11.4. The van der Waals surface area contributed by atoms with Crippen LogP contribution in [0.3, 0.4) is 0 Å². The van der Waals surface area contributed by atoms with Gasteiger partial charge in [-0.1, -0.05) is 55.4 Å². The van der Waals surface area contributed by atoms with Crippen LogP contribution in [0.25, 0.3) is 5.52 Å². The first kappa shape index (κ1) is 25.1. The molecule has 0 saturated heterocycles. The van der Waals surface area contributed by atoms with Crippen molar-refractivity contribution in [2.24, 2.45) is 0 Å². The molecule has 0 saturated carbocycles. The number of nitrogens with zero attached hydrogens (tertiary/aromatic N) is 3. The third-order valence-corrected chi connectivity index (χ3v) is 5.99. The van der Waals surface area contributed by atoms with E-state index in [1.165, 1.54) is 0 Å². The third-order valence-electron chi connectivity index (χ3n) is 5.99. The van der Waals surface area contributed by atoms with Gasteiger partial charge in [0.2, 0.25) is 0 Å². The van der Waals surface area contributed by atoms with Crippen LogP contribution in [-0.4, -0.2) is 14.0 Å². The van der Waals surface area contributed by atoms with Gasteiger partial charge >= 0.3 is 6.30 Å². The summed E-state index contributed by atoms with van der Waals surface area (Å²) in [6.07, 6.45) is 1.60. The van der Waals surface area contributed by atoms with Crippen molar-refractivity contribution in [3.63, 3.8) is 0 Å². The Labute approximate surface area is 193 Å². The van der Waals surface area contributed by atoms with E-state index >= 15 is 0 Å². The molecule has 0 aromatic carbocycles. The maximum absolute atomic E-state index is 13.6. The van der Waals surface area contributed by atoms with Crippen molar-refractivity contribution in [2.45, 2.75) is 91.3 Å². The largest absolute Gasteiger partial charge is 0.491 e. The lowest BCUT2D eigenvalue weighted by Gasteiger charge is -2.23. The molecule has 0 bridgehead atoms. The fourth-order valence-electron chi connectivity index (χ4n) is 4.13. The first-order chi connectivity index (χ1) is 15.0. The fourth-order valence-corrected chi connectivity index (χ4v) is 4.13. The summed E-state index contributed by atoms with van der Waals surface area (Å²) >= 11 is 0. The summed E-state index contributed by atoms with van der Waals surface area (Å²) in [6.45, 7) is 15.6. The highest BCUT2D eigenvalue weighted by Gasteiger charge is 2.35. The van der Waals surface area contributed by atoms with E-state index in [9.17, 15) is 18.0 Å². The van der Waals surface area contributed by atoms with Gasteiger partial charge in [-0.2, -0.15) is 0 Å². The van der Waals surface area contributed by atoms with Gasteiger partial charge in [0.1, 0.15) is 0 Å². The Morgan fingerprint density at radius 1 is 0.970 bits per heavy atom. The summed E-state index contributed by atoms with van der Waals surface area (Å²) in [4.78, 5) is 17.4. The number of rotatable bonds is 4. The van der Waals surface area contributed by atoms with Gasteiger partial charge in [-0.05, 0) is 47.4 Å². The minimum absolute atomic E-state index is 0.0786. The van der Waals surface area contributed by atoms with Gasteiger partial charge in [0, 0.05) is 29.6 Å². The Balaban J connectivity index is 2.07. The molecule has 3 aromatic heterocycles. The number of aromatic nitrogens is 3. The highest BCUT2D eigenvalue weighted by molar-refractivity contribution is 5.57. The lowest BCUT2D eigenvalue weighted by Crippen LogP contribution is -2.36. The van der Waals surface area contributed by atoms with Crippen molar-refractivity contribution in [2.75, 3.05) is 0 Å². The van der Waals surface area contributed by atoms with Gasteiger partial charge < -0.3 is 4.40 Å². The highest BCUT2D eigenvalue weighted by atomic mass is 19.4. The molecule has 4 nitrogen and oxygen atoms in total. The fraction of sp³-hybridized carbons (Fsp3) is 0.538. The average molecular weight is 462 g/mol. The van der Waals surface area contributed by atoms with E-state index in [4.69, 9.17) is 4.98 Å². The molecule has 0 aliphatic carbocycles. The number of hydrogen-bond donors (Lipinski definition) is 0. The molecule has 180 valence electrons. The predicted octanol–water partition coefficient (Wildman–Crippen LogP) is 6.48. The third kappa shape index (κ3) is 5.17. The number of hydrogen-bond acceptors (Lipinski definition) is 2. The zero-order valence-corrected chi connectivity index (χ0v) is 20.8. The minimum Gasteiger partial charge on any atom is -0.320 e. The molecule has 0 spiro atoms. The molecule has 33 heavy (non-hydrogen) atoms. The molecule has 3 heterocycles. The van der Waals surface area contributed by atoms with Gasteiger partial charge in [0.25, 0.3) is 5.56 Å². The van der Waals surface area contributed by atoms with Crippen molar-refractivity contribution >= 4 is 5.52 Å². The van der Waals surface area contributed by atoms with Crippen LogP contribution in [0, 0.1) is 0 Å². The Morgan fingerprint density at radius 2 is 1.61 bits per heavy atom. The van der Waals surface area contributed by atoms with Gasteiger partial charge in [0.15, 0.2) is 0 Å². The standard InChI is InChI=1S/C26H34F3N3O/c1-9-19-15-31-13-17(11-21(31)22(30-19)25(6,7)8)10-16(2)18-12-20(24(3,4)5)23(33)32(14-18)26(27,28)29/h11-16H,9-10H2,1-8H3. The molecule has 0 aliphatic rings. The number of aryl methyl sites for hydroxylation is 1. The van der Waals surface area contributed by atoms with E-state index in [0.29, 0.717) is 12.0 Å². The molecule has 1 atom stereocenters. The van der Waals surface area contributed by atoms with Gasteiger partial charge in [-0.15, -0.1) is 13.2 Å². The Hall–Kier alpha value is -2.57. The number of fused-ring (bicyclic) bond motifs is 1. The highest BCUT2D eigenvalue weighted by Crippen LogP contribution is 2.31. The molecular weight excluding hydrogens is 427 g/mol. The van der Waals surface area contributed by atoms with Crippen molar-refractivity contribution < 1.29 is 13.2 Å². The van der Waals surface area contributed by atoms with Crippen LogP contribution < -0.4 is 5.56 Å². The lowest BCUT2D eigenvalue weighted by atomic mass is 9.85. The summed E-state index contributed by atoms with van der Waals surface area (Å²) in [7, 11) is 0. The second-order valence-corrected chi connectivity index (χ2v) is 11.0. The van der Waals surface area contributed by atoms with Crippen molar-refractivity contribution in [3.05, 3.63) is 69.2 Å². The number of halogens is 3. The summed E-state index contributed by atoms with van der Waals surface area (Å²) < 4.78 is 42.8. The molecule has 3 aromatic rings. The van der Waals surface area contributed by atoms with E-state index in [-0.39, 0.29) is 21.5 Å². The summed E-state index contributed by atoms with van der Waals surface area (Å²) in [5.41, 5.74) is 2.84. The molecule has 0 fully saturated rings. The number of pyridine rings is 1. The van der Waals surface area contributed by atoms with Crippen LogP contribution in [0.5, 0.6) is 0 Å². The minimum atomic E-state index is -4.76. The van der Waals surface area contributed by atoms with Crippen LogP contribution in [0.15, 0.2) is 35.5 Å². The van der Waals surface area contributed by atoms with E-state index in [1.807, 2.05) is 19.3 Å². The molecule has 7 heteroatoms. The van der Waals surface area contributed by atoms with E-state index < -0.39 is 17.3 Å². The van der Waals surface area contributed by atoms with Gasteiger partial charge in [-0.3, -0.25) is 9.78 Å². The average Bonchev–Trinajstić information content (AvgIpc) is 3.06. The van der Waals surface area contributed by atoms with E-state index in [2.05, 4.69) is 38.2 Å². The molecular formula is C26H34F3N3O. The molecule has 3 rings (SSSR count). The monoisotopic (exact) mass is 461 g/mol. The lowest BCUT2D eigenvalue weighted by molar-refractivity contribution is -0.206. The van der Waals surface area contributed by atoms with Crippen LogP contribution in [0.1, 0.15) is 89.4 Å². The molecule has 0 amide bonds. The summed E-state index contributed by atoms with van der Waals surface area (Å²) in [6, 6.07) is 3.72. The molecule has 0 N–H and O–H groups in total. The maximum Gasteiger partial charge on any atom is 0.491 e. The Morgan fingerprint density at radius 3 is 2.12 bits per heavy atom. The van der Waals surface area contributed by atoms with E-state index in [1.54, 1.807) is 26.8 Å². The van der Waals surface area contributed by atoms with Crippen LogP contribution in [-0.2, 0) is 30.0 Å². The van der Waals surface area contributed by atoms with Crippen molar-refractivity contribution in [1.82, 2.24) is 14.0 Å². The normalized spacial score (nSPS) is 14.2. The van der Waals surface area contributed by atoms with E-state index in [0.717, 1.165) is 35.1 Å². The topological polar surface area (TPSA) is 39.3 Å². The Kier molecular flexibility index (Phi) is 6.33. The SMILES string of the molecule is CCc1cn2cc(CC(C)c3cc(C(C)(C)C)c(=O)n(C(F)(F)F)c3)cc2c(C(C)(C)C)n1. The zero-order chi connectivity index (χ0) is 24.9. The molecule has 0 aliphatic heterocycles. The Bertz CT molecular complexity index is 1180. The second-order valence-electron chi connectivity index (χ2n) is 11.0. The van der Waals surface area contributed by atoms with Crippen LogP contribution >= 0.6 is 0 Å². The number of alkyl halides is 3. The molecule has 1 unspecified atom stereocenters. The van der Waals surface area contributed by atoms with Crippen molar-refractivity contribution in [3.8, 4) is 0 Å². The van der Waals surface area contributed by atoms with Gasteiger partial charge in [-0.25, -0.2) is 4.57 Å². The predicted molar refractivity (Wildman–Crippen MR) is 126 cm³/mol. The smallest absolute Gasteiger partial charge is 0.320 e. The van der Waals surface area contributed by atoms with Crippen LogP contribution in [0.4, 0.5) is 13.2 Å². The summed E-state index contributed by atoms with van der Waals surface area (Å²) in [5.74, 6) is -0.214. The first-order valence-electron chi connectivity index (χ1n) is 11.4. The zero-order valence-electron chi connectivity index (χ0n) is 20.8. The van der Waals surface area contributed by atoms with Crippen LogP contribution in [0.2, 0.25) is 0 Å². The molecule has 0 radical (unpaired) electrons. The maximum atomic E-state index is 13.6. The summed E-state index contributed by atoms with van der Waals surface area (Å²) in [5, 5.41) is 0. The quantitative estimate of drug-likeness (QED) is 0.446. The second kappa shape index (κ2) is 8.33.